The highest BCUT2D eigenvalue weighted by atomic mass is 16.1. The Morgan fingerprint density at radius 2 is 1.69 bits per heavy atom. The van der Waals surface area contributed by atoms with Crippen LogP contribution in [0.25, 0.3) is 0 Å². The molecule has 1 aromatic carbocycles. The van der Waals surface area contributed by atoms with Crippen molar-refractivity contribution < 1.29 is 4.79 Å². The predicted molar refractivity (Wildman–Crippen MR) is 56.3 cm³/mol. The molecule has 1 heteroatoms. The van der Waals surface area contributed by atoms with Crippen molar-refractivity contribution in [3.63, 3.8) is 0 Å². The van der Waals surface area contributed by atoms with Gasteiger partial charge in [0.15, 0.2) is 0 Å². The summed E-state index contributed by atoms with van der Waals surface area (Å²) in [4.78, 5) is 9.67. The largest absolute Gasteiger partial charge is 0.323 e. The number of hydrogen-bond donors (Lipinski definition) is 0. The van der Waals surface area contributed by atoms with E-state index in [1.165, 1.54) is 5.92 Å². The maximum atomic E-state index is 9.67. The highest BCUT2D eigenvalue weighted by Gasteiger charge is 2.11. The summed E-state index contributed by atoms with van der Waals surface area (Å²) < 4.78 is 0. The lowest BCUT2D eigenvalue weighted by Crippen LogP contribution is -2.01. The van der Waals surface area contributed by atoms with Crippen LogP contribution in [0.5, 0.6) is 0 Å². The Morgan fingerprint density at radius 1 is 1.08 bits per heavy atom. The number of benzene rings is 1. The topological polar surface area (TPSA) is 21.4 Å². The minimum absolute atomic E-state index is 0.488. The van der Waals surface area contributed by atoms with Gasteiger partial charge in [0, 0.05) is 0 Å². The summed E-state index contributed by atoms with van der Waals surface area (Å²) in [5, 5.41) is 0. The molecular weight excluding hydrogens is 160 g/mol. The van der Waals surface area contributed by atoms with Crippen LogP contribution in [-0.2, 0) is 0 Å². The molecular formula is C12H16O+. The maximum absolute atomic E-state index is 9.67. The van der Waals surface area contributed by atoms with E-state index < -0.39 is 0 Å². The van der Waals surface area contributed by atoms with Crippen LogP contribution in [0.4, 0.5) is 0 Å². The van der Waals surface area contributed by atoms with Crippen molar-refractivity contribution in [2.24, 2.45) is 0 Å². The Kier molecular flexibility index (Phi) is 3.69. The molecule has 0 aliphatic carbocycles. The maximum Gasteiger partial charge on any atom is 0.323 e. The SMILES string of the molecule is C[C](C)CCC(=[OH+])c1ccccc1. The minimum atomic E-state index is 0.488. The molecule has 0 saturated heterocycles. The fraction of sp³-hybridized carbons (Fsp3) is 0.333. The molecule has 0 atom stereocenters. The third kappa shape index (κ3) is 3.41. The average Bonchev–Trinajstić information content (AvgIpc) is 2.15. The quantitative estimate of drug-likeness (QED) is 0.497. The first-order valence-electron chi connectivity index (χ1n) is 4.59. The van der Waals surface area contributed by atoms with Crippen LogP contribution in [0.15, 0.2) is 30.3 Å². The van der Waals surface area contributed by atoms with Gasteiger partial charge in [-0.05, 0) is 24.5 Å². The van der Waals surface area contributed by atoms with Gasteiger partial charge in [-0.25, -0.2) is 0 Å². The first-order chi connectivity index (χ1) is 6.20. The van der Waals surface area contributed by atoms with Gasteiger partial charge >= 0.3 is 5.78 Å². The fourth-order valence-corrected chi connectivity index (χ4v) is 1.14. The van der Waals surface area contributed by atoms with Crippen molar-refractivity contribution in [1.29, 1.82) is 0 Å². The third-order valence-electron chi connectivity index (χ3n) is 1.97. The zero-order valence-electron chi connectivity index (χ0n) is 8.25. The second-order valence-corrected chi connectivity index (χ2v) is 3.52. The molecule has 0 spiro atoms. The number of rotatable bonds is 4. The van der Waals surface area contributed by atoms with Crippen LogP contribution in [0.1, 0.15) is 32.3 Å². The molecule has 13 heavy (non-hydrogen) atoms. The lowest BCUT2D eigenvalue weighted by Gasteiger charge is -1.99. The van der Waals surface area contributed by atoms with Crippen molar-refractivity contribution >= 4 is 5.78 Å². The van der Waals surface area contributed by atoms with E-state index in [4.69, 9.17) is 0 Å². The predicted octanol–water partition coefficient (Wildman–Crippen LogP) is 2.97. The van der Waals surface area contributed by atoms with Gasteiger partial charge in [-0.15, -0.1) is 0 Å². The summed E-state index contributed by atoms with van der Waals surface area (Å²) in [6.45, 7) is 4.16. The van der Waals surface area contributed by atoms with Crippen LogP contribution in [0.3, 0.4) is 0 Å². The van der Waals surface area contributed by atoms with Gasteiger partial charge in [-0.2, -0.15) is 0 Å². The van der Waals surface area contributed by atoms with Gasteiger partial charge in [-0.3, -0.25) is 4.79 Å². The Labute approximate surface area is 79.8 Å². The molecule has 0 bridgehead atoms. The van der Waals surface area contributed by atoms with E-state index in [-0.39, 0.29) is 0 Å². The summed E-state index contributed by atoms with van der Waals surface area (Å²) in [7, 11) is 0. The molecule has 1 radical (unpaired) electrons. The zero-order chi connectivity index (χ0) is 9.68. The van der Waals surface area contributed by atoms with Crippen LogP contribution in [-0.4, -0.2) is 10.6 Å². The average molecular weight is 176 g/mol. The Balaban J connectivity index is 2.50. The minimum Gasteiger partial charge on any atom is -0.278 e. The van der Waals surface area contributed by atoms with Crippen molar-refractivity contribution in [2.75, 3.05) is 0 Å². The third-order valence-corrected chi connectivity index (χ3v) is 1.97. The molecule has 0 amide bonds. The van der Waals surface area contributed by atoms with Gasteiger partial charge in [0.2, 0.25) is 0 Å². The molecule has 1 nitrogen and oxygen atoms in total. The van der Waals surface area contributed by atoms with Crippen molar-refractivity contribution in [1.82, 2.24) is 0 Å². The molecule has 1 N–H and O–H groups in total. The molecule has 0 fully saturated rings. The fourth-order valence-electron chi connectivity index (χ4n) is 1.14. The number of ketones is 1. The Morgan fingerprint density at radius 3 is 2.23 bits per heavy atom. The van der Waals surface area contributed by atoms with Crippen molar-refractivity contribution in [2.45, 2.75) is 26.7 Å². The standard InChI is InChI=1S/C12H15O/c1-10(2)8-9-12(13)11-6-4-3-5-7-11/h3-7H,8-9H2,1-2H3/p+1. The van der Waals surface area contributed by atoms with E-state index in [2.05, 4.69) is 13.8 Å². The molecule has 0 saturated carbocycles. The van der Waals surface area contributed by atoms with Gasteiger partial charge in [-0.1, -0.05) is 32.0 Å². The van der Waals surface area contributed by atoms with Crippen LogP contribution >= 0.6 is 0 Å². The van der Waals surface area contributed by atoms with Gasteiger partial charge in [0.05, 0.1) is 12.0 Å². The zero-order valence-corrected chi connectivity index (χ0v) is 8.25. The van der Waals surface area contributed by atoms with E-state index in [0.29, 0.717) is 5.78 Å². The van der Waals surface area contributed by atoms with Crippen LogP contribution in [0.2, 0.25) is 0 Å². The van der Waals surface area contributed by atoms with Crippen LogP contribution < -0.4 is 0 Å². The van der Waals surface area contributed by atoms with Gasteiger partial charge in [0.1, 0.15) is 0 Å². The van der Waals surface area contributed by atoms with Crippen molar-refractivity contribution in [3.8, 4) is 0 Å². The summed E-state index contributed by atoms with van der Waals surface area (Å²) in [5.41, 5.74) is 0.934. The van der Waals surface area contributed by atoms with Crippen molar-refractivity contribution in [3.05, 3.63) is 41.8 Å². The second-order valence-electron chi connectivity index (χ2n) is 3.52. The van der Waals surface area contributed by atoms with E-state index in [1.54, 1.807) is 0 Å². The van der Waals surface area contributed by atoms with E-state index in [0.717, 1.165) is 18.4 Å². The molecule has 69 valence electrons. The first-order valence-corrected chi connectivity index (χ1v) is 4.59. The molecule has 0 aliphatic rings. The Bertz CT molecular complexity index is 262. The summed E-state index contributed by atoms with van der Waals surface area (Å²) in [6.07, 6.45) is 1.70. The van der Waals surface area contributed by atoms with E-state index >= 15 is 0 Å². The molecule has 0 aliphatic heterocycles. The van der Waals surface area contributed by atoms with Crippen LogP contribution in [0, 0.1) is 5.92 Å². The molecule has 0 heterocycles. The smallest absolute Gasteiger partial charge is 0.278 e. The lowest BCUT2D eigenvalue weighted by atomic mass is 10.0. The van der Waals surface area contributed by atoms with E-state index in [1.807, 2.05) is 30.3 Å². The summed E-state index contributed by atoms with van der Waals surface area (Å²) in [5.74, 6) is 1.84. The summed E-state index contributed by atoms with van der Waals surface area (Å²) in [6, 6.07) is 9.69. The van der Waals surface area contributed by atoms with Gasteiger partial charge < -0.3 is 0 Å². The first kappa shape index (κ1) is 9.97. The lowest BCUT2D eigenvalue weighted by molar-refractivity contribution is 0.653. The second kappa shape index (κ2) is 4.80. The molecule has 1 rings (SSSR count). The highest BCUT2D eigenvalue weighted by Crippen LogP contribution is 2.10. The summed E-state index contributed by atoms with van der Waals surface area (Å²) >= 11 is 0. The normalized spacial score (nSPS) is 10.4. The molecule has 0 unspecified atom stereocenters. The Hall–Kier alpha value is -1.11. The van der Waals surface area contributed by atoms with Gasteiger partial charge in [0.25, 0.3) is 0 Å². The number of hydrogen-bond acceptors (Lipinski definition) is 0. The highest BCUT2D eigenvalue weighted by molar-refractivity contribution is 5.96. The molecule has 1 aromatic rings. The van der Waals surface area contributed by atoms with E-state index in [9.17, 15) is 4.79 Å². The molecule has 0 aromatic heterocycles. The monoisotopic (exact) mass is 176 g/mol. The number of carbonyl (C=O) groups excluding carboxylic acids is 1.